The third-order valence-corrected chi connectivity index (χ3v) is 6.97. The second-order valence-corrected chi connectivity index (χ2v) is 10.0. The van der Waals surface area contributed by atoms with Crippen LogP contribution in [0.1, 0.15) is 34.8 Å². The van der Waals surface area contributed by atoms with Crippen molar-refractivity contribution in [1.82, 2.24) is 4.72 Å². The minimum absolute atomic E-state index is 0.0248. The number of amides is 1. The van der Waals surface area contributed by atoms with E-state index in [1.165, 1.54) is 29.8 Å². The quantitative estimate of drug-likeness (QED) is 0.600. The van der Waals surface area contributed by atoms with Crippen LogP contribution in [0.2, 0.25) is 5.02 Å². The van der Waals surface area contributed by atoms with Gasteiger partial charge in [0.05, 0.1) is 4.90 Å². The number of hydrogen-bond acceptors (Lipinski definition) is 4. The van der Waals surface area contributed by atoms with Gasteiger partial charge in [-0.2, -0.15) is 0 Å². The number of fused-ring (bicyclic) bond motifs is 1. The Morgan fingerprint density at radius 3 is 2.48 bits per heavy atom. The number of carbonyl (C=O) groups excluding carboxylic acids is 1. The average molecular weight is 456 g/mol. The standard InChI is InChI=1S/C24H22ClNO4S/c1-24(16-17-5-3-2-4-6-17)14-13-18-15-19(7-12-22(18)30-24)23(27)26-31(28,29)21-10-8-20(25)9-11-21/h2-12,15H,13-14,16H2,1H3,(H,26,27). The highest BCUT2D eigenvalue weighted by Gasteiger charge is 2.32. The van der Waals surface area contributed by atoms with Crippen molar-refractivity contribution in [1.29, 1.82) is 0 Å². The SMILES string of the molecule is CC1(Cc2ccccc2)CCc2cc(C(=O)NS(=O)(=O)c3ccc(Cl)cc3)ccc2O1. The van der Waals surface area contributed by atoms with Gasteiger partial charge in [-0.1, -0.05) is 41.9 Å². The molecule has 1 N–H and O–H groups in total. The molecule has 1 amide bonds. The largest absolute Gasteiger partial charge is 0.487 e. The lowest BCUT2D eigenvalue weighted by molar-refractivity contribution is 0.0654. The van der Waals surface area contributed by atoms with Gasteiger partial charge in [0.1, 0.15) is 11.4 Å². The van der Waals surface area contributed by atoms with Crippen molar-refractivity contribution < 1.29 is 17.9 Å². The van der Waals surface area contributed by atoms with Crippen molar-refractivity contribution in [2.24, 2.45) is 0 Å². The minimum Gasteiger partial charge on any atom is -0.487 e. The summed E-state index contributed by atoms with van der Waals surface area (Å²) in [7, 11) is -3.99. The maximum absolute atomic E-state index is 12.6. The number of ether oxygens (including phenoxy) is 1. The molecule has 1 heterocycles. The van der Waals surface area contributed by atoms with Crippen LogP contribution in [0.4, 0.5) is 0 Å². The molecule has 0 bridgehead atoms. The van der Waals surface area contributed by atoms with E-state index in [9.17, 15) is 13.2 Å². The van der Waals surface area contributed by atoms with E-state index in [2.05, 4.69) is 23.8 Å². The van der Waals surface area contributed by atoms with Crippen molar-refractivity contribution >= 4 is 27.5 Å². The lowest BCUT2D eigenvalue weighted by Crippen LogP contribution is -2.38. The first-order valence-electron chi connectivity index (χ1n) is 9.93. The Morgan fingerprint density at radius 2 is 1.77 bits per heavy atom. The summed E-state index contributed by atoms with van der Waals surface area (Å²) in [6, 6.07) is 20.8. The van der Waals surface area contributed by atoms with Gasteiger partial charge in [0.25, 0.3) is 15.9 Å². The molecule has 31 heavy (non-hydrogen) atoms. The molecule has 1 aliphatic heterocycles. The number of aryl methyl sites for hydroxylation is 1. The van der Waals surface area contributed by atoms with Gasteiger partial charge in [0.2, 0.25) is 0 Å². The molecule has 1 atom stereocenters. The van der Waals surface area contributed by atoms with Crippen molar-refractivity contribution in [3.8, 4) is 5.75 Å². The van der Waals surface area contributed by atoms with Gasteiger partial charge < -0.3 is 4.74 Å². The van der Waals surface area contributed by atoms with Crippen LogP contribution in [0.5, 0.6) is 5.75 Å². The molecule has 0 aliphatic carbocycles. The smallest absolute Gasteiger partial charge is 0.265 e. The first kappa shape index (κ1) is 21.4. The van der Waals surface area contributed by atoms with Crippen LogP contribution in [0.3, 0.4) is 0 Å². The molecule has 160 valence electrons. The molecule has 1 unspecified atom stereocenters. The van der Waals surface area contributed by atoms with Gasteiger partial charge in [-0.05, 0) is 73.4 Å². The molecule has 0 saturated carbocycles. The second kappa shape index (κ2) is 8.36. The average Bonchev–Trinajstić information content (AvgIpc) is 2.74. The molecular weight excluding hydrogens is 434 g/mol. The Labute approximate surface area is 187 Å². The molecule has 4 rings (SSSR count). The molecule has 3 aromatic carbocycles. The van der Waals surface area contributed by atoms with Crippen LogP contribution in [0, 0.1) is 0 Å². The summed E-state index contributed by atoms with van der Waals surface area (Å²) in [5, 5.41) is 0.416. The number of sulfonamides is 1. The molecule has 3 aromatic rings. The summed E-state index contributed by atoms with van der Waals surface area (Å²) < 4.78 is 33.3. The monoisotopic (exact) mass is 455 g/mol. The third kappa shape index (κ3) is 4.92. The van der Waals surface area contributed by atoms with Crippen LogP contribution in [0.15, 0.2) is 77.7 Å². The van der Waals surface area contributed by atoms with E-state index >= 15 is 0 Å². The Morgan fingerprint density at radius 1 is 1.06 bits per heavy atom. The second-order valence-electron chi connectivity index (χ2n) is 7.93. The lowest BCUT2D eigenvalue weighted by Gasteiger charge is -2.36. The van der Waals surface area contributed by atoms with Gasteiger partial charge in [0.15, 0.2) is 0 Å². The van der Waals surface area contributed by atoms with Crippen molar-refractivity contribution in [3.05, 3.63) is 94.5 Å². The van der Waals surface area contributed by atoms with Crippen LogP contribution in [-0.4, -0.2) is 19.9 Å². The molecule has 5 nitrogen and oxygen atoms in total. The fourth-order valence-electron chi connectivity index (χ4n) is 3.74. The van der Waals surface area contributed by atoms with Crippen LogP contribution < -0.4 is 9.46 Å². The number of benzene rings is 3. The van der Waals surface area contributed by atoms with Gasteiger partial charge >= 0.3 is 0 Å². The van der Waals surface area contributed by atoms with Gasteiger partial charge in [0, 0.05) is 17.0 Å². The van der Waals surface area contributed by atoms with Gasteiger partial charge in [-0.15, -0.1) is 0 Å². The van der Waals surface area contributed by atoms with Gasteiger partial charge in [-0.3, -0.25) is 4.79 Å². The molecule has 0 saturated heterocycles. The van der Waals surface area contributed by atoms with Crippen molar-refractivity contribution in [2.45, 2.75) is 36.7 Å². The van der Waals surface area contributed by atoms with E-state index in [-0.39, 0.29) is 16.1 Å². The Hall–Kier alpha value is -2.83. The zero-order chi connectivity index (χ0) is 22.1. The fourth-order valence-corrected chi connectivity index (χ4v) is 4.84. The Bertz CT molecular complexity index is 1210. The first-order valence-corrected chi connectivity index (χ1v) is 11.8. The summed E-state index contributed by atoms with van der Waals surface area (Å²) >= 11 is 5.80. The predicted molar refractivity (Wildman–Crippen MR) is 120 cm³/mol. The van der Waals surface area contributed by atoms with E-state index in [0.29, 0.717) is 5.02 Å². The third-order valence-electron chi connectivity index (χ3n) is 5.37. The number of carbonyl (C=O) groups is 1. The van der Waals surface area contributed by atoms with Crippen molar-refractivity contribution in [2.75, 3.05) is 0 Å². The summed E-state index contributed by atoms with van der Waals surface area (Å²) in [5.74, 6) is 0.0390. The zero-order valence-corrected chi connectivity index (χ0v) is 18.5. The number of hydrogen-bond donors (Lipinski definition) is 1. The summed E-state index contributed by atoms with van der Waals surface area (Å²) in [6.07, 6.45) is 2.32. The summed E-state index contributed by atoms with van der Waals surface area (Å²) in [4.78, 5) is 12.6. The normalized spacial score (nSPS) is 18.0. The molecule has 0 spiro atoms. The summed E-state index contributed by atoms with van der Waals surface area (Å²) in [6.45, 7) is 2.09. The molecule has 0 fully saturated rings. The van der Waals surface area contributed by atoms with E-state index in [1.54, 1.807) is 18.2 Å². The topological polar surface area (TPSA) is 72.5 Å². The van der Waals surface area contributed by atoms with E-state index in [1.807, 2.05) is 18.2 Å². The summed E-state index contributed by atoms with van der Waals surface area (Å²) in [5.41, 5.74) is 2.03. The highest BCUT2D eigenvalue weighted by atomic mass is 35.5. The predicted octanol–water partition coefficient (Wildman–Crippen LogP) is 4.79. The maximum atomic E-state index is 12.6. The number of nitrogens with one attached hydrogen (secondary N) is 1. The van der Waals surface area contributed by atoms with Crippen LogP contribution in [-0.2, 0) is 22.9 Å². The maximum Gasteiger partial charge on any atom is 0.265 e. The van der Waals surface area contributed by atoms with E-state index < -0.39 is 15.9 Å². The molecule has 0 radical (unpaired) electrons. The zero-order valence-electron chi connectivity index (χ0n) is 17.0. The lowest BCUT2D eigenvalue weighted by atomic mass is 9.87. The molecular formula is C24H22ClNO4S. The van der Waals surface area contributed by atoms with E-state index in [4.69, 9.17) is 16.3 Å². The van der Waals surface area contributed by atoms with Crippen LogP contribution in [0.25, 0.3) is 0 Å². The van der Waals surface area contributed by atoms with E-state index in [0.717, 1.165) is 30.6 Å². The van der Waals surface area contributed by atoms with Gasteiger partial charge in [-0.25, -0.2) is 13.1 Å². The van der Waals surface area contributed by atoms with Crippen LogP contribution >= 0.6 is 11.6 Å². The minimum atomic E-state index is -3.99. The first-order chi connectivity index (χ1) is 14.7. The highest BCUT2D eigenvalue weighted by Crippen LogP contribution is 2.35. The Balaban J connectivity index is 1.49. The molecule has 1 aliphatic rings. The number of halogens is 1. The fraction of sp³-hybridized carbons (Fsp3) is 0.208. The molecule has 0 aromatic heterocycles. The highest BCUT2D eigenvalue weighted by molar-refractivity contribution is 7.90. The van der Waals surface area contributed by atoms with Crippen molar-refractivity contribution in [3.63, 3.8) is 0 Å². The Kier molecular flexibility index (Phi) is 5.77. The number of rotatable bonds is 5. The molecule has 7 heteroatoms.